The molecule has 2 amide bonds. The monoisotopic (exact) mass is 413 g/mol. The van der Waals surface area contributed by atoms with Gasteiger partial charge in [-0.2, -0.15) is 0 Å². The van der Waals surface area contributed by atoms with E-state index in [-0.39, 0.29) is 11.3 Å². The lowest BCUT2D eigenvalue weighted by atomic mass is 10.1. The Bertz CT molecular complexity index is 1040. The molecule has 29 heavy (non-hydrogen) atoms. The molecule has 0 spiro atoms. The molecule has 0 radical (unpaired) electrons. The van der Waals surface area contributed by atoms with Gasteiger partial charge in [0, 0.05) is 12.1 Å². The first-order valence-corrected chi connectivity index (χ1v) is 9.95. The van der Waals surface area contributed by atoms with Gasteiger partial charge in [-0.05, 0) is 31.5 Å². The highest BCUT2D eigenvalue weighted by molar-refractivity contribution is 7.99. The zero-order valence-corrected chi connectivity index (χ0v) is 16.8. The van der Waals surface area contributed by atoms with Crippen molar-refractivity contribution in [1.29, 1.82) is 0 Å². The van der Waals surface area contributed by atoms with E-state index in [9.17, 15) is 14.0 Å². The summed E-state index contributed by atoms with van der Waals surface area (Å²) in [6.07, 6.45) is 0. The van der Waals surface area contributed by atoms with Gasteiger partial charge in [-0.15, -0.1) is 10.2 Å². The fourth-order valence-electron chi connectivity index (χ4n) is 2.71. The fraction of sp³-hybridized carbons (Fsp3) is 0.200. The summed E-state index contributed by atoms with van der Waals surface area (Å²) < 4.78 is 15.5. The molecule has 1 heterocycles. The van der Waals surface area contributed by atoms with Crippen molar-refractivity contribution in [3.8, 4) is 11.4 Å². The minimum atomic E-state index is -0.722. The lowest BCUT2D eigenvalue weighted by Crippen LogP contribution is -2.42. The number of nitrogens with one attached hydrogen (secondary N) is 2. The predicted octanol–water partition coefficient (Wildman–Crippen LogP) is 2.97. The number of aromatic nitrogens is 3. The second-order valence-corrected chi connectivity index (χ2v) is 7.08. The average Bonchev–Trinajstić information content (AvgIpc) is 3.13. The molecular weight excluding hydrogens is 393 g/mol. The standard InChI is InChI=1S/C20H20FN5O2S/c1-3-26-18(14-9-5-4-8-13(14)2)23-25-20(26)29-12-17(27)22-24-19(28)15-10-6-7-11-16(15)21/h4-11H,3,12H2,1-2H3,(H,22,27)(H,24,28). The number of aryl methyl sites for hydroxylation is 1. The summed E-state index contributed by atoms with van der Waals surface area (Å²) in [5, 5.41) is 9.06. The molecule has 0 saturated heterocycles. The summed E-state index contributed by atoms with van der Waals surface area (Å²) in [6.45, 7) is 4.62. The molecule has 150 valence electrons. The van der Waals surface area contributed by atoms with Crippen molar-refractivity contribution in [3.63, 3.8) is 0 Å². The van der Waals surface area contributed by atoms with Crippen LogP contribution in [0.15, 0.2) is 53.7 Å². The molecule has 7 nitrogen and oxygen atoms in total. The Morgan fingerprint density at radius 3 is 2.52 bits per heavy atom. The Morgan fingerprint density at radius 2 is 1.79 bits per heavy atom. The van der Waals surface area contributed by atoms with Gasteiger partial charge in [0.1, 0.15) is 5.82 Å². The quantitative estimate of drug-likeness (QED) is 0.479. The molecule has 0 bridgehead atoms. The average molecular weight is 413 g/mol. The zero-order valence-electron chi connectivity index (χ0n) is 16.0. The topological polar surface area (TPSA) is 88.9 Å². The highest BCUT2D eigenvalue weighted by atomic mass is 32.2. The van der Waals surface area contributed by atoms with E-state index in [1.807, 2.05) is 42.7 Å². The van der Waals surface area contributed by atoms with E-state index in [2.05, 4.69) is 21.0 Å². The molecule has 0 unspecified atom stereocenters. The van der Waals surface area contributed by atoms with Gasteiger partial charge in [0.25, 0.3) is 5.91 Å². The van der Waals surface area contributed by atoms with Crippen LogP contribution < -0.4 is 10.9 Å². The zero-order chi connectivity index (χ0) is 20.8. The lowest BCUT2D eigenvalue weighted by molar-refractivity contribution is -0.119. The molecule has 1 aromatic heterocycles. The van der Waals surface area contributed by atoms with Crippen LogP contribution in [0.3, 0.4) is 0 Å². The Hall–Kier alpha value is -3.20. The molecule has 0 aliphatic heterocycles. The van der Waals surface area contributed by atoms with E-state index >= 15 is 0 Å². The summed E-state index contributed by atoms with van der Waals surface area (Å²) >= 11 is 1.20. The summed E-state index contributed by atoms with van der Waals surface area (Å²) in [5.41, 5.74) is 6.41. The molecule has 9 heteroatoms. The van der Waals surface area contributed by atoms with Crippen LogP contribution in [-0.2, 0) is 11.3 Å². The SMILES string of the molecule is CCn1c(SCC(=O)NNC(=O)c2ccccc2F)nnc1-c1ccccc1C. The Labute approximate surface area is 171 Å². The van der Waals surface area contributed by atoms with Crippen molar-refractivity contribution in [2.24, 2.45) is 0 Å². The number of benzene rings is 2. The maximum atomic E-state index is 13.6. The van der Waals surface area contributed by atoms with E-state index < -0.39 is 17.6 Å². The molecule has 3 rings (SSSR count). The second-order valence-electron chi connectivity index (χ2n) is 6.14. The van der Waals surface area contributed by atoms with Crippen molar-refractivity contribution in [1.82, 2.24) is 25.6 Å². The smallest absolute Gasteiger partial charge is 0.272 e. The fourth-order valence-corrected chi connectivity index (χ4v) is 3.51. The van der Waals surface area contributed by atoms with Crippen molar-refractivity contribution in [3.05, 3.63) is 65.5 Å². The van der Waals surface area contributed by atoms with E-state index in [4.69, 9.17) is 0 Å². The van der Waals surface area contributed by atoms with Crippen LogP contribution in [0, 0.1) is 12.7 Å². The van der Waals surface area contributed by atoms with E-state index in [0.717, 1.165) is 17.0 Å². The van der Waals surface area contributed by atoms with Gasteiger partial charge in [-0.25, -0.2) is 4.39 Å². The summed E-state index contributed by atoms with van der Waals surface area (Å²) in [4.78, 5) is 24.0. The molecule has 0 aliphatic rings. The van der Waals surface area contributed by atoms with Crippen LogP contribution in [0.5, 0.6) is 0 Å². The number of halogens is 1. The number of rotatable bonds is 6. The molecule has 0 aliphatic carbocycles. The summed E-state index contributed by atoms with van der Waals surface area (Å²) in [5.74, 6) is -1.07. The number of hydrogen-bond donors (Lipinski definition) is 2. The highest BCUT2D eigenvalue weighted by Crippen LogP contribution is 2.26. The first-order valence-electron chi connectivity index (χ1n) is 8.97. The van der Waals surface area contributed by atoms with E-state index in [1.54, 1.807) is 6.07 Å². The van der Waals surface area contributed by atoms with Gasteiger partial charge in [0.05, 0.1) is 11.3 Å². The van der Waals surface area contributed by atoms with Crippen molar-refractivity contribution in [2.75, 3.05) is 5.75 Å². The van der Waals surface area contributed by atoms with Gasteiger partial charge in [-0.1, -0.05) is 48.2 Å². The molecule has 0 saturated carbocycles. The van der Waals surface area contributed by atoms with Gasteiger partial charge in [0.2, 0.25) is 5.91 Å². The first-order chi connectivity index (χ1) is 14.0. The molecular formula is C20H20FN5O2S. The number of thioether (sulfide) groups is 1. The van der Waals surface area contributed by atoms with Gasteiger partial charge < -0.3 is 4.57 Å². The first kappa shape index (κ1) is 20.5. The van der Waals surface area contributed by atoms with Crippen molar-refractivity contribution >= 4 is 23.6 Å². The molecule has 2 N–H and O–H groups in total. The minimum absolute atomic E-state index is 0.0173. The Balaban J connectivity index is 1.60. The number of carbonyl (C=O) groups is 2. The maximum absolute atomic E-state index is 13.6. The van der Waals surface area contributed by atoms with Gasteiger partial charge in [-0.3, -0.25) is 20.4 Å². The van der Waals surface area contributed by atoms with Crippen LogP contribution >= 0.6 is 11.8 Å². The van der Waals surface area contributed by atoms with Crippen molar-refractivity contribution < 1.29 is 14.0 Å². The molecule has 0 atom stereocenters. The molecule has 0 fully saturated rings. The third-order valence-electron chi connectivity index (χ3n) is 4.19. The number of carbonyl (C=O) groups excluding carboxylic acids is 2. The van der Waals surface area contributed by atoms with E-state index in [0.29, 0.717) is 11.7 Å². The normalized spacial score (nSPS) is 10.6. The number of amides is 2. The summed E-state index contributed by atoms with van der Waals surface area (Å²) in [7, 11) is 0. The van der Waals surface area contributed by atoms with Crippen LogP contribution in [0.25, 0.3) is 11.4 Å². The summed E-state index contributed by atoms with van der Waals surface area (Å²) in [6, 6.07) is 13.4. The lowest BCUT2D eigenvalue weighted by Gasteiger charge is -2.10. The molecule has 2 aromatic carbocycles. The number of nitrogens with zero attached hydrogens (tertiary/aromatic N) is 3. The second kappa shape index (κ2) is 9.33. The Kier molecular flexibility index (Phi) is 6.61. The van der Waals surface area contributed by atoms with Crippen LogP contribution in [0.1, 0.15) is 22.8 Å². The van der Waals surface area contributed by atoms with Gasteiger partial charge in [0.15, 0.2) is 11.0 Å². The van der Waals surface area contributed by atoms with Crippen molar-refractivity contribution in [2.45, 2.75) is 25.5 Å². The van der Waals surface area contributed by atoms with Crippen LogP contribution in [-0.4, -0.2) is 32.3 Å². The van der Waals surface area contributed by atoms with E-state index in [1.165, 1.54) is 30.0 Å². The maximum Gasteiger partial charge on any atom is 0.272 e. The highest BCUT2D eigenvalue weighted by Gasteiger charge is 2.16. The largest absolute Gasteiger partial charge is 0.302 e. The third kappa shape index (κ3) is 4.80. The number of hydrazine groups is 1. The van der Waals surface area contributed by atoms with Crippen LogP contribution in [0.2, 0.25) is 0 Å². The minimum Gasteiger partial charge on any atom is -0.302 e. The third-order valence-corrected chi connectivity index (χ3v) is 5.15. The van der Waals surface area contributed by atoms with Gasteiger partial charge >= 0.3 is 0 Å². The van der Waals surface area contributed by atoms with Crippen LogP contribution in [0.4, 0.5) is 4.39 Å². The number of hydrogen-bond acceptors (Lipinski definition) is 5. The predicted molar refractivity (Wildman–Crippen MR) is 109 cm³/mol. The molecule has 3 aromatic rings. The Morgan fingerprint density at radius 1 is 1.07 bits per heavy atom.